The summed E-state index contributed by atoms with van der Waals surface area (Å²) in [7, 11) is 0. The summed E-state index contributed by atoms with van der Waals surface area (Å²) < 4.78 is 0. The van der Waals surface area contributed by atoms with Crippen LogP contribution in [0.15, 0.2) is 24.3 Å². The quantitative estimate of drug-likeness (QED) is 0.795. The summed E-state index contributed by atoms with van der Waals surface area (Å²) in [6.07, 6.45) is 7.20. The standard InChI is InChI=1S/C21H30N2O2/c1-2-3-13-23(21(25)18-9-5-6-10-18)16-20(24)22-14-12-17-8-4-7-11-19(17)15-22/h4,7-8,11,18H,2-3,5-6,9-10,12-16H2,1H3. The van der Waals surface area contributed by atoms with Crippen molar-refractivity contribution in [1.29, 1.82) is 0 Å². The van der Waals surface area contributed by atoms with Crippen molar-refractivity contribution in [2.45, 2.75) is 58.4 Å². The van der Waals surface area contributed by atoms with Crippen LogP contribution in [0.4, 0.5) is 0 Å². The molecular weight excluding hydrogens is 312 g/mol. The van der Waals surface area contributed by atoms with Crippen LogP contribution in [-0.4, -0.2) is 41.2 Å². The third-order valence-corrected chi connectivity index (χ3v) is 5.61. The van der Waals surface area contributed by atoms with Gasteiger partial charge in [0.05, 0.1) is 6.54 Å². The molecule has 136 valence electrons. The Morgan fingerprint density at radius 1 is 1.16 bits per heavy atom. The van der Waals surface area contributed by atoms with Gasteiger partial charge in [-0.2, -0.15) is 0 Å². The Bertz CT molecular complexity index is 608. The Hall–Kier alpha value is -1.84. The van der Waals surface area contributed by atoms with Gasteiger partial charge in [-0.25, -0.2) is 0 Å². The molecule has 0 radical (unpaired) electrons. The van der Waals surface area contributed by atoms with Crippen molar-refractivity contribution < 1.29 is 9.59 Å². The van der Waals surface area contributed by atoms with Crippen LogP contribution in [0, 0.1) is 5.92 Å². The van der Waals surface area contributed by atoms with Crippen molar-refractivity contribution in [3.63, 3.8) is 0 Å². The van der Waals surface area contributed by atoms with E-state index in [1.165, 1.54) is 11.1 Å². The van der Waals surface area contributed by atoms with Crippen molar-refractivity contribution in [2.24, 2.45) is 5.92 Å². The third-order valence-electron chi connectivity index (χ3n) is 5.61. The zero-order valence-corrected chi connectivity index (χ0v) is 15.4. The van der Waals surface area contributed by atoms with E-state index in [0.29, 0.717) is 13.1 Å². The second-order valence-electron chi connectivity index (χ2n) is 7.43. The number of amides is 2. The van der Waals surface area contributed by atoms with Gasteiger partial charge in [0.25, 0.3) is 0 Å². The minimum absolute atomic E-state index is 0.0944. The summed E-state index contributed by atoms with van der Waals surface area (Å²) in [5, 5.41) is 0. The van der Waals surface area contributed by atoms with Gasteiger partial charge in [0.1, 0.15) is 0 Å². The summed E-state index contributed by atoms with van der Waals surface area (Å²) >= 11 is 0. The Balaban J connectivity index is 1.62. The first-order valence-corrected chi connectivity index (χ1v) is 9.82. The molecule has 0 spiro atoms. The molecule has 0 unspecified atom stereocenters. The molecule has 1 aromatic rings. The average molecular weight is 342 g/mol. The molecule has 2 aliphatic rings. The third kappa shape index (κ3) is 4.42. The highest BCUT2D eigenvalue weighted by atomic mass is 16.2. The maximum absolute atomic E-state index is 12.8. The molecule has 1 aliphatic heterocycles. The smallest absolute Gasteiger partial charge is 0.242 e. The Labute approximate surface area is 151 Å². The fraction of sp³-hybridized carbons (Fsp3) is 0.619. The molecule has 1 saturated carbocycles. The molecule has 1 heterocycles. The van der Waals surface area contributed by atoms with E-state index in [0.717, 1.165) is 51.5 Å². The van der Waals surface area contributed by atoms with E-state index in [4.69, 9.17) is 0 Å². The first-order chi connectivity index (χ1) is 12.2. The average Bonchev–Trinajstić information content (AvgIpc) is 3.18. The summed E-state index contributed by atoms with van der Waals surface area (Å²) in [5.74, 6) is 0.445. The van der Waals surface area contributed by atoms with Crippen LogP contribution in [0.1, 0.15) is 56.6 Å². The number of hydrogen-bond acceptors (Lipinski definition) is 2. The van der Waals surface area contributed by atoms with Gasteiger partial charge < -0.3 is 9.80 Å². The van der Waals surface area contributed by atoms with Crippen molar-refractivity contribution in [3.05, 3.63) is 35.4 Å². The van der Waals surface area contributed by atoms with Crippen LogP contribution in [0.25, 0.3) is 0 Å². The SMILES string of the molecule is CCCCN(CC(=O)N1CCc2ccccc2C1)C(=O)C1CCCC1. The minimum Gasteiger partial charge on any atom is -0.336 e. The van der Waals surface area contributed by atoms with E-state index in [-0.39, 0.29) is 24.3 Å². The second-order valence-corrected chi connectivity index (χ2v) is 7.43. The van der Waals surface area contributed by atoms with E-state index in [1.54, 1.807) is 0 Å². The highest BCUT2D eigenvalue weighted by Crippen LogP contribution is 2.27. The Morgan fingerprint density at radius 3 is 2.60 bits per heavy atom. The number of carbonyl (C=O) groups is 2. The molecular formula is C21H30N2O2. The zero-order valence-electron chi connectivity index (χ0n) is 15.4. The van der Waals surface area contributed by atoms with Crippen LogP contribution < -0.4 is 0 Å². The number of unbranched alkanes of at least 4 members (excludes halogenated alkanes) is 1. The highest BCUT2D eigenvalue weighted by Gasteiger charge is 2.29. The van der Waals surface area contributed by atoms with Crippen LogP contribution >= 0.6 is 0 Å². The summed E-state index contributed by atoms with van der Waals surface area (Å²) in [4.78, 5) is 29.4. The number of benzene rings is 1. The highest BCUT2D eigenvalue weighted by molar-refractivity contribution is 5.86. The maximum atomic E-state index is 12.8. The normalized spacial score (nSPS) is 17.4. The first kappa shape index (κ1) is 18.0. The van der Waals surface area contributed by atoms with Crippen molar-refractivity contribution >= 4 is 11.8 Å². The molecule has 2 amide bonds. The molecule has 0 atom stereocenters. The molecule has 25 heavy (non-hydrogen) atoms. The second kappa shape index (κ2) is 8.50. The van der Waals surface area contributed by atoms with Crippen LogP contribution in [0.2, 0.25) is 0 Å². The molecule has 1 aromatic carbocycles. The molecule has 0 saturated heterocycles. The van der Waals surface area contributed by atoms with Gasteiger partial charge in [0.2, 0.25) is 11.8 Å². The van der Waals surface area contributed by atoms with E-state index >= 15 is 0 Å². The monoisotopic (exact) mass is 342 g/mol. The fourth-order valence-electron chi connectivity index (χ4n) is 4.02. The largest absolute Gasteiger partial charge is 0.336 e. The summed E-state index contributed by atoms with van der Waals surface area (Å²) in [6.45, 7) is 4.52. The lowest BCUT2D eigenvalue weighted by Gasteiger charge is -2.32. The van der Waals surface area contributed by atoms with E-state index in [1.807, 2.05) is 15.9 Å². The molecule has 4 heteroatoms. The van der Waals surface area contributed by atoms with Gasteiger partial charge in [0.15, 0.2) is 0 Å². The van der Waals surface area contributed by atoms with Crippen LogP contribution in [0.5, 0.6) is 0 Å². The van der Waals surface area contributed by atoms with Crippen molar-refractivity contribution in [2.75, 3.05) is 19.6 Å². The molecule has 1 fully saturated rings. The van der Waals surface area contributed by atoms with Gasteiger partial charge >= 0.3 is 0 Å². The molecule has 4 nitrogen and oxygen atoms in total. The van der Waals surface area contributed by atoms with E-state index in [9.17, 15) is 9.59 Å². The minimum atomic E-state index is 0.0944. The first-order valence-electron chi connectivity index (χ1n) is 9.82. The van der Waals surface area contributed by atoms with Gasteiger partial charge in [-0.05, 0) is 36.8 Å². The number of fused-ring (bicyclic) bond motifs is 1. The maximum Gasteiger partial charge on any atom is 0.242 e. The molecule has 0 aromatic heterocycles. The molecule has 1 aliphatic carbocycles. The van der Waals surface area contributed by atoms with Gasteiger partial charge in [-0.15, -0.1) is 0 Å². The number of nitrogens with zero attached hydrogens (tertiary/aromatic N) is 2. The number of rotatable bonds is 6. The predicted molar refractivity (Wildman–Crippen MR) is 99.0 cm³/mol. The zero-order chi connectivity index (χ0) is 17.6. The van der Waals surface area contributed by atoms with Gasteiger partial charge in [-0.1, -0.05) is 50.5 Å². The predicted octanol–water partition coefficient (Wildman–Crippen LogP) is 3.39. The Morgan fingerprint density at radius 2 is 1.88 bits per heavy atom. The van der Waals surface area contributed by atoms with Gasteiger partial charge in [-0.3, -0.25) is 9.59 Å². The Kier molecular flexibility index (Phi) is 6.11. The topological polar surface area (TPSA) is 40.6 Å². The van der Waals surface area contributed by atoms with Crippen LogP contribution in [0.3, 0.4) is 0 Å². The van der Waals surface area contributed by atoms with Crippen molar-refractivity contribution in [1.82, 2.24) is 9.80 Å². The summed E-state index contributed by atoms with van der Waals surface area (Å²) in [6, 6.07) is 8.34. The van der Waals surface area contributed by atoms with E-state index in [2.05, 4.69) is 25.1 Å². The lowest BCUT2D eigenvalue weighted by atomic mass is 10.00. The number of hydrogen-bond donors (Lipinski definition) is 0. The fourth-order valence-corrected chi connectivity index (χ4v) is 4.02. The lowest BCUT2D eigenvalue weighted by molar-refractivity contribution is -0.143. The van der Waals surface area contributed by atoms with E-state index < -0.39 is 0 Å². The molecule has 3 rings (SSSR count). The molecule has 0 N–H and O–H groups in total. The lowest BCUT2D eigenvalue weighted by Crippen LogP contribution is -2.46. The number of carbonyl (C=O) groups excluding carboxylic acids is 2. The van der Waals surface area contributed by atoms with Crippen LogP contribution in [-0.2, 0) is 22.6 Å². The summed E-state index contributed by atoms with van der Waals surface area (Å²) in [5.41, 5.74) is 2.58. The van der Waals surface area contributed by atoms with Crippen molar-refractivity contribution in [3.8, 4) is 0 Å². The van der Waals surface area contributed by atoms with Gasteiger partial charge in [0, 0.05) is 25.6 Å². The molecule has 0 bridgehead atoms.